The molecular formula is C12H10F14O. The van der Waals surface area contributed by atoms with Crippen molar-refractivity contribution in [2.24, 2.45) is 0 Å². The summed E-state index contributed by atoms with van der Waals surface area (Å²) in [5.74, 6) is -31.1. The zero-order chi connectivity index (χ0) is 21.9. The first-order valence-electron chi connectivity index (χ1n) is 6.62. The van der Waals surface area contributed by atoms with Crippen LogP contribution in [0.3, 0.4) is 0 Å². The summed E-state index contributed by atoms with van der Waals surface area (Å²) >= 11 is 0. The van der Waals surface area contributed by atoms with Gasteiger partial charge >= 0.3 is 36.0 Å². The van der Waals surface area contributed by atoms with Gasteiger partial charge in [-0.25, -0.2) is 0 Å². The topological polar surface area (TPSA) is 9.23 Å². The minimum Gasteiger partial charge on any atom is -0.311 e. The Labute approximate surface area is 141 Å². The van der Waals surface area contributed by atoms with Gasteiger partial charge in [-0.15, -0.1) is 0 Å². The number of rotatable bonds is 10. The Balaban J connectivity index is 5.65. The molecule has 0 aromatic carbocycles. The molecule has 162 valence electrons. The third kappa shape index (κ3) is 4.59. The van der Waals surface area contributed by atoms with Crippen molar-refractivity contribution in [1.29, 1.82) is 0 Å². The first-order valence-corrected chi connectivity index (χ1v) is 6.62. The van der Waals surface area contributed by atoms with Crippen LogP contribution in [-0.4, -0.2) is 49.3 Å². The minimum atomic E-state index is -7.95. The standard InChI is InChI=1S/C12H10F14O/c13-5-3-1-2-4-6-27-12(25,26)10(20,21)8(16,17)7(14,15)9(18,19)11(22,23)24/h2,4H,1,3,5-6H2/b4-2+. The molecule has 15 heteroatoms. The van der Waals surface area contributed by atoms with Crippen molar-refractivity contribution in [3.05, 3.63) is 12.2 Å². The second-order valence-electron chi connectivity index (χ2n) is 4.93. The van der Waals surface area contributed by atoms with Gasteiger partial charge in [0, 0.05) is 0 Å². The molecule has 0 aliphatic rings. The maximum Gasteiger partial charge on any atom is 0.460 e. The highest BCUT2D eigenvalue weighted by atomic mass is 19.4. The highest BCUT2D eigenvalue weighted by Gasteiger charge is 2.91. The van der Waals surface area contributed by atoms with E-state index in [1.165, 1.54) is 0 Å². The molecule has 0 heterocycles. The van der Waals surface area contributed by atoms with Crippen LogP contribution in [0.15, 0.2) is 12.2 Å². The fraction of sp³-hybridized carbons (Fsp3) is 0.833. The van der Waals surface area contributed by atoms with Gasteiger partial charge in [-0.3, -0.25) is 4.39 Å². The number of hydrogen-bond donors (Lipinski definition) is 0. The van der Waals surface area contributed by atoms with E-state index in [0.717, 1.165) is 6.08 Å². The number of hydrogen-bond acceptors (Lipinski definition) is 1. The molecule has 0 rings (SSSR count). The van der Waals surface area contributed by atoms with E-state index in [-0.39, 0.29) is 12.8 Å². The molecule has 0 atom stereocenters. The zero-order valence-electron chi connectivity index (χ0n) is 12.7. The predicted octanol–water partition coefficient (Wildman–Crippen LogP) is 6.01. The quantitative estimate of drug-likeness (QED) is 0.232. The largest absolute Gasteiger partial charge is 0.460 e. The third-order valence-electron chi connectivity index (χ3n) is 2.94. The average Bonchev–Trinajstić information content (AvgIpc) is 2.48. The highest BCUT2D eigenvalue weighted by Crippen LogP contribution is 2.60. The van der Waals surface area contributed by atoms with E-state index in [1.807, 2.05) is 0 Å². The van der Waals surface area contributed by atoms with Crippen molar-refractivity contribution in [1.82, 2.24) is 0 Å². The summed E-state index contributed by atoms with van der Waals surface area (Å²) in [6.45, 7) is -2.51. The van der Waals surface area contributed by atoms with E-state index >= 15 is 0 Å². The van der Waals surface area contributed by atoms with Crippen LogP contribution in [0.5, 0.6) is 0 Å². The first-order chi connectivity index (χ1) is 11.8. The molecule has 0 saturated carbocycles. The van der Waals surface area contributed by atoms with Gasteiger partial charge in [0.2, 0.25) is 0 Å². The van der Waals surface area contributed by atoms with Crippen LogP contribution in [0.2, 0.25) is 0 Å². The Hall–Kier alpha value is -1.28. The first kappa shape index (κ1) is 25.7. The summed E-state index contributed by atoms with van der Waals surface area (Å²) in [7, 11) is 0. The SMILES string of the molecule is FCCC/C=C/COC(F)(F)C(F)(F)C(F)(F)C(F)(F)C(F)(F)C(F)(F)F. The van der Waals surface area contributed by atoms with Crippen molar-refractivity contribution in [3.8, 4) is 0 Å². The van der Waals surface area contributed by atoms with Crippen LogP contribution < -0.4 is 0 Å². The normalized spacial score (nSPS) is 15.6. The van der Waals surface area contributed by atoms with Crippen LogP contribution in [0, 0.1) is 0 Å². The number of allylic oxidation sites excluding steroid dienone is 1. The van der Waals surface area contributed by atoms with Crippen LogP contribution in [-0.2, 0) is 4.74 Å². The van der Waals surface area contributed by atoms with Crippen molar-refractivity contribution in [3.63, 3.8) is 0 Å². The number of ether oxygens (including phenoxy) is 1. The summed E-state index contributed by atoms with van der Waals surface area (Å²) in [4.78, 5) is 0. The van der Waals surface area contributed by atoms with Crippen molar-refractivity contribution >= 4 is 0 Å². The van der Waals surface area contributed by atoms with Gasteiger partial charge in [-0.2, -0.15) is 57.1 Å². The number of alkyl halides is 14. The Kier molecular flexibility index (Phi) is 7.61. The highest BCUT2D eigenvalue weighted by molar-refractivity contribution is 5.08. The average molecular weight is 436 g/mol. The van der Waals surface area contributed by atoms with Gasteiger partial charge in [0.15, 0.2) is 0 Å². The third-order valence-corrected chi connectivity index (χ3v) is 2.94. The van der Waals surface area contributed by atoms with Gasteiger partial charge in [-0.05, 0) is 12.8 Å². The molecule has 0 spiro atoms. The van der Waals surface area contributed by atoms with E-state index in [4.69, 9.17) is 0 Å². The Morgan fingerprint density at radius 1 is 0.593 bits per heavy atom. The minimum absolute atomic E-state index is 0.145. The molecule has 27 heavy (non-hydrogen) atoms. The van der Waals surface area contributed by atoms with Crippen LogP contribution in [0.25, 0.3) is 0 Å². The maximum atomic E-state index is 13.1. The molecule has 0 aromatic heterocycles. The molecular weight excluding hydrogens is 426 g/mol. The lowest BCUT2D eigenvalue weighted by Gasteiger charge is -2.39. The molecule has 0 aromatic rings. The summed E-state index contributed by atoms with van der Waals surface area (Å²) in [6.07, 6.45) is -13.0. The van der Waals surface area contributed by atoms with Crippen molar-refractivity contribution < 1.29 is 66.2 Å². The van der Waals surface area contributed by atoms with Gasteiger partial charge in [0.05, 0.1) is 13.3 Å². The summed E-state index contributed by atoms with van der Waals surface area (Å²) in [5.41, 5.74) is 0. The number of halogens is 14. The van der Waals surface area contributed by atoms with Gasteiger partial charge in [0.1, 0.15) is 0 Å². The lowest BCUT2D eigenvalue weighted by atomic mass is 9.97. The Morgan fingerprint density at radius 2 is 1.04 bits per heavy atom. The van der Waals surface area contributed by atoms with Crippen molar-refractivity contribution in [2.75, 3.05) is 13.3 Å². The summed E-state index contributed by atoms with van der Waals surface area (Å²) in [6, 6.07) is 0. The molecule has 0 aliphatic heterocycles. The van der Waals surface area contributed by atoms with Gasteiger partial charge in [-0.1, -0.05) is 12.2 Å². The Bertz CT molecular complexity index is 507. The van der Waals surface area contributed by atoms with Crippen LogP contribution in [0.4, 0.5) is 61.5 Å². The monoisotopic (exact) mass is 436 g/mol. The van der Waals surface area contributed by atoms with E-state index < -0.39 is 49.3 Å². The zero-order valence-corrected chi connectivity index (χ0v) is 12.7. The molecule has 0 aliphatic carbocycles. The Morgan fingerprint density at radius 3 is 1.44 bits per heavy atom. The van der Waals surface area contributed by atoms with Gasteiger partial charge < -0.3 is 4.74 Å². The summed E-state index contributed by atoms with van der Waals surface area (Å²) < 4.78 is 180. The second-order valence-corrected chi connectivity index (χ2v) is 4.93. The fourth-order valence-electron chi connectivity index (χ4n) is 1.38. The van der Waals surface area contributed by atoms with E-state index in [2.05, 4.69) is 4.74 Å². The van der Waals surface area contributed by atoms with E-state index in [1.54, 1.807) is 0 Å². The fourth-order valence-corrected chi connectivity index (χ4v) is 1.38. The maximum absolute atomic E-state index is 13.1. The molecule has 1 nitrogen and oxygen atoms in total. The molecule has 0 saturated heterocycles. The lowest BCUT2D eigenvalue weighted by molar-refractivity contribution is -0.465. The smallest absolute Gasteiger partial charge is 0.311 e. The predicted molar refractivity (Wildman–Crippen MR) is 61.1 cm³/mol. The molecule has 0 bridgehead atoms. The van der Waals surface area contributed by atoms with Gasteiger partial charge in [0.25, 0.3) is 0 Å². The molecule has 0 N–H and O–H groups in total. The molecule has 0 radical (unpaired) electrons. The molecule has 0 fully saturated rings. The van der Waals surface area contributed by atoms with Crippen molar-refractivity contribution in [2.45, 2.75) is 48.8 Å². The number of unbranched alkanes of at least 4 members (excludes halogenated alkanes) is 1. The van der Waals surface area contributed by atoms with E-state index in [0.29, 0.717) is 6.08 Å². The molecule has 0 unspecified atom stereocenters. The van der Waals surface area contributed by atoms with Crippen LogP contribution in [0.1, 0.15) is 12.8 Å². The molecule has 0 amide bonds. The second kappa shape index (κ2) is 7.99. The lowest BCUT2D eigenvalue weighted by Crippen LogP contribution is -2.70. The van der Waals surface area contributed by atoms with E-state index in [9.17, 15) is 61.5 Å². The van der Waals surface area contributed by atoms with Crippen LogP contribution >= 0.6 is 0 Å². The summed E-state index contributed by atoms with van der Waals surface area (Å²) in [5, 5.41) is 0.